The van der Waals surface area contributed by atoms with E-state index >= 15 is 0 Å². The van der Waals surface area contributed by atoms with Crippen molar-refractivity contribution in [2.24, 2.45) is 0 Å². The second kappa shape index (κ2) is 6.04. The van der Waals surface area contributed by atoms with Crippen molar-refractivity contribution in [3.05, 3.63) is 41.0 Å². The number of halogens is 3. The van der Waals surface area contributed by atoms with Crippen LogP contribution in [0.5, 0.6) is 0 Å². The number of benzene rings is 1. The first kappa shape index (κ1) is 15.9. The fourth-order valence-corrected chi connectivity index (χ4v) is 2.02. The molecule has 0 aromatic heterocycles. The van der Waals surface area contributed by atoms with Gasteiger partial charge in [-0.15, -0.1) is 0 Å². The summed E-state index contributed by atoms with van der Waals surface area (Å²) in [5, 5.41) is 0. The molecule has 0 saturated heterocycles. The average molecular weight is 234 g/mol. The van der Waals surface area contributed by atoms with Crippen LogP contribution in [-0.4, -0.2) is 0 Å². The van der Waals surface area contributed by atoms with Gasteiger partial charge in [0.15, 0.2) is 0 Å². The maximum atomic E-state index is 2.28. The van der Waals surface area contributed by atoms with Crippen molar-refractivity contribution in [2.75, 3.05) is 0 Å². The molecule has 0 N–H and O–H groups in total. The number of allylic oxidation sites excluding steroid dienone is 1. The third-order valence-corrected chi connectivity index (χ3v) is 3.34. The van der Waals surface area contributed by atoms with Crippen molar-refractivity contribution in [1.82, 2.24) is 0 Å². The van der Waals surface area contributed by atoms with Crippen molar-refractivity contribution >= 4 is 6.08 Å². The molecule has 1 aliphatic rings. The minimum absolute atomic E-state index is 0. The van der Waals surface area contributed by atoms with Gasteiger partial charge in [-0.25, -0.2) is 0 Å². The molecule has 0 radical (unpaired) electrons. The first-order chi connectivity index (χ1) is 5.29. The fraction of sp³-hybridized carbons (Fsp3) is 0.200. The molecule has 1 aromatic rings. The van der Waals surface area contributed by atoms with Crippen molar-refractivity contribution in [2.45, 2.75) is 11.1 Å². The van der Waals surface area contributed by atoms with Crippen LogP contribution in [0.15, 0.2) is 29.8 Å². The van der Waals surface area contributed by atoms with Gasteiger partial charge in [0.25, 0.3) is 0 Å². The Bertz CT molecular complexity index is 323. The monoisotopic (exact) mass is 234 g/mol. The molecule has 0 amide bonds. The van der Waals surface area contributed by atoms with Gasteiger partial charge in [0.05, 0.1) is 0 Å². The summed E-state index contributed by atoms with van der Waals surface area (Å²) in [6.07, 6.45) is 2.28. The molecule has 1 unspecified atom stereocenters. The van der Waals surface area contributed by atoms with Gasteiger partial charge in [-0.05, 0) is 0 Å². The van der Waals surface area contributed by atoms with Gasteiger partial charge >= 0.3 is 78.6 Å². The Hall–Kier alpha value is -0.536. The molecule has 14 heavy (non-hydrogen) atoms. The van der Waals surface area contributed by atoms with E-state index in [0.29, 0.717) is 4.22 Å². The SMILES string of the molecule is CC1=Cc2ccccc2[CH]1[Ti+3].[F-].[F-].[F-]. The minimum Gasteiger partial charge on any atom is -1.00 e. The first-order valence-corrected chi connectivity index (χ1v) is 4.67. The normalized spacial score (nSPS) is 16.8. The predicted molar refractivity (Wildman–Crippen MR) is 42.8 cm³/mol. The van der Waals surface area contributed by atoms with Crippen molar-refractivity contribution in [1.29, 1.82) is 0 Å². The molecule has 1 aliphatic carbocycles. The molecule has 0 bridgehead atoms. The van der Waals surface area contributed by atoms with Gasteiger partial charge in [-0.1, -0.05) is 0 Å². The molecule has 0 fully saturated rings. The number of fused-ring (bicyclic) bond motifs is 1. The Labute approximate surface area is 92.9 Å². The van der Waals surface area contributed by atoms with E-state index in [1.807, 2.05) is 0 Å². The van der Waals surface area contributed by atoms with Crippen LogP contribution in [0.4, 0.5) is 0 Å². The van der Waals surface area contributed by atoms with Crippen LogP contribution in [0.2, 0.25) is 0 Å². The molecule has 0 aliphatic heterocycles. The van der Waals surface area contributed by atoms with Crippen LogP contribution in [0.3, 0.4) is 0 Å². The van der Waals surface area contributed by atoms with Crippen molar-refractivity contribution in [3.63, 3.8) is 0 Å². The van der Waals surface area contributed by atoms with E-state index in [1.54, 1.807) is 0 Å². The zero-order chi connectivity index (χ0) is 7.84. The van der Waals surface area contributed by atoms with E-state index in [2.05, 4.69) is 57.7 Å². The predicted octanol–water partition coefficient (Wildman–Crippen LogP) is -6.30. The molecule has 0 nitrogen and oxygen atoms in total. The molecule has 0 saturated carbocycles. The number of rotatable bonds is 0. The molecular weight excluding hydrogens is 225 g/mol. The van der Waals surface area contributed by atoms with Gasteiger partial charge in [0, 0.05) is 0 Å². The fourth-order valence-electron chi connectivity index (χ4n) is 1.48. The number of hydrogen-bond acceptors (Lipinski definition) is 0. The Morgan fingerprint density at radius 1 is 1.07 bits per heavy atom. The van der Waals surface area contributed by atoms with Crippen LogP contribution in [0.1, 0.15) is 22.3 Å². The van der Waals surface area contributed by atoms with Gasteiger partial charge in [-0.2, -0.15) is 0 Å². The van der Waals surface area contributed by atoms with E-state index in [9.17, 15) is 0 Å². The molecule has 1 aromatic carbocycles. The van der Waals surface area contributed by atoms with E-state index < -0.39 is 0 Å². The zero-order valence-electron chi connectivity index (χ0n) is 7.60. The molecule has 4 heteroatoms. The van der Waals surface area contributed by atoms with Crippen molar-refractivity contribution < 1.29 is 34.5 Å². The summed E-state index contributed by atoms with van der Waals surface area (Å²) in [5.74, 6) is 0. The molecule has 0 heterocycles. The van der Waals surface area contributed by atoms with E-state index in [-0.39, 0.29) is 14.1 Å². The summed E-state index contributed by atoms with van der Waals surface area (Å²) in [4.78, 5) is 0. The minimum atomic E-state index is 0. The van der Waals surface area contributed by atoms with Gasteiger partial charge in [0.1, 0.15) is 0 Å². The summed E-state index contributed by atoms with van der Waals surface area (Å²) in [6, 6.07) is 8.61. The smallest absolute Gasteiger partial charge is 1.00 e. The Kier molecular flexibility index (Phi) is 6.87. The maximum Gasteiger partial charge on any atom is -1.00 e. The summed E-state index contributed by atoms with van der Waals surface area (Å²) in [5.41, 5.74) is 4.36. The third kappa shape index (κ3) is 2.49. The summed E-state index contributed by atoms with van der Waals surface area (Å²) in [7, 11) is 0. The number of hydrogen-bond donors (Lipinski definition) is 0. The summed E-state index contributed by atoms with van der Waals surface area (Å²) < 4.78 is 0.631. The van der Waals surface area contributed by atoms with Crippen LogP contribution in [0, 0.1) is 0 Å². The second-order valence-corrected chi connectivity index (χ2v) is 3.85. The topological polar surface area (TPSA) is 0 Å². The Balaban J connectivity index is 0. The Morgan fingerprint density at radius 2 is 1.64 bits per heavy atom. The summed E-state index contributed by atoms with van der Waals surface area (Å²) >= 11 is 2.26. The van der Waals surface area contributed by atoms with Crippen LogP contribution in [0.25, 0.3) is 6.08 Å². The summed E-state index contributed by atoms with van der Waals surface area (Å²) in [6.45, 7) is 2.20. The first-order valence-electron chi connectivity index (χ1n) is 3.77. The van der Waals surface area contributed by atoms with Gasteiger partial charge in [-0.3, -0.25) is 0 Å². The Morgan fingerprint density at radius 3 is 2.21 bits per heavy atom. The van der Waals surface area contributed by atoms with Gasteiger partial charge < -0.3 is 14.1 Å². The van der Waals surface area contributed by atoms with Crippen molar-refractivity contribution in [3.8, 4) is 0 Å². The third-order valence-electron chi connectivity index (χ3n) is 2.15. The van der Waals surface area contributed by atoms with E-state index in [1.165, 1.54) is 16.7 Å². The van der Waals surface area contributed by atoms with Crippen LogP contribution < -0.4 is 14.1 Å². The standard InChI is InChI=1S/C10H9.3FH.Ti/c1-8-6-9-4-2-3-5-10(9)7-8;;;;/h2-7H,1H3;3*1H;/q;;;;+3/p-3. The van der Waals surface area contributed by atoms with E-state index in [4.69, 9.17) is 0 Å². The van der Waals surface area contributed by atoms with E-state index in [0.717, 1.165) is 0 Å². The molecule has 1 atom stereocenters. The molecular formula is C10H9F3Ti. The van der Waals surface area contributed by atoms with Gasteiger partial charge in [0.2, 0.25) is 0 Å². The maximum absolute atomic E-state index is 2.28. The quantitative estimate of drug-likeness (QED) is 0.392. The molecule has 0 spiro atoms. The molecule has 2 rings (SSSR count). The van der Waals surface area contributed by atoms with Crippen LogP contribution >= 0.6 is 0 Å². The zero-order valence-corrected chi connectivity index (χ0v) is 9.16. The van der Waals surface area contributed by atoms with Crippen LogP contribution in [-0.2, 0) is 20.4 Å². The second-order valence-electron chi connectivity index (χ2n) is 2.95. The average Bonchev–Trinajstić information content (AvgIpc) is 2.30. The largest absolute Gasteiger partial charge is 1.00 e. The molecule has 74 valence electrons.